The Balaban J connectivity index is 1.51. The molecule has 0 spiro atoms. The second-order valence-electron chi connectivity index (χ2n) is 5.85. The van der Waals surface area contributed by atoms with Gasteiger partial charge in [-0.2, -0.15) is 0 Å². The van der Waals surface area contributed by atoms with Crippen LogP contribution < -0.4 is 15.5 Å². The number of piperazine rings is 2. The first-order chi connectivity index (χ1) is 11.1. The lowest BCUT2D eigenvalue weighted by Gasteiger charge is -2.37. The van der Waals surface area contributed by atoms with E-state index in [1.165, 1.54) is 0 Å². The van der Waals surface area contributed by atoms with Gasteiger partial charge in [-0.25, -0.2) is 0 Å². The van der Waals surface area contributed by atoms with Crippen LogP contribution in [-0.2, 0) is 9.59 Å². The molecule has 2 aliphatic rings. The standard InChI is InChI=1S/C16H21ClN4O2/c17-12-1-3-13(4-2-12)20-7-9-21(10-8-20)15(22)11-14-16(23)19-6-5-18-14/h1-4,14,18H,5-11H2,(H,19,23)/t14-/m1/s1. The van der Waals surface area contributed by atoms with E-state index in [4.69, 9.17) is 11.6 Å². The number of hydrogen-bond donors (Lipinski definition) is 2. The van der Waals surface area contributed by atoms with Crippen LogP contribution in [0.2, 0.25) is 5.02 Å². The van der Waals surface area contributed by atoms with Gasteiger partial charge in [0.1, 0.15) is 0 Å². The Labute approximate surface area is 140 Å². The summed E-state index contributed by atoms with van der Waals surface area (Å²) in [5.41, 5.74) is 1.12. The fourth-order valence-corrected chi connectivity index (χ4v) is 3.11. The Kier molecular flexibility index (Phi) is 5.03. The van der Waals surface area contributed by atoms with Crippen molar-refractivity contribution in [3.05, 3.63) is 29.3 Å². The first kappa shape index (κ1) is 16.1. The second-order valence-corrected chi connectivity index (χ2v) is 6.28. The Morgan fingerprint density at radius 3 is 2.48 bits per heavy atom. The SMILES string of the molecule is O=C1NCCN[C@@H]1CC(=O)N1CCN(c2ccc(Cl)cc2)CC1. The van der Waals surface area contributed by atoms with Crippen molar-refractivity contribution in [3.8, 4) is 0 Å². The highest BCUT2D eigenvalue weighted by Gasteiger charge is 2.28. The monoisotopic (exact) mass is 336 g/mol. The Bertz CT molecular complexity index is 570. The van der Waals surface area contributed by atoms with Crippen LogP contribution in [0.5, 0.6) is 0 Å². The Hall–Kier alpha value is -1.79. The van der Waals surface area contributed by atoms with Gasteiger partial charge in [0.05, 0.1) is 12.5 Å². The van der Waals surface area contributed by atoms with Crippen molar-refractivity contribution < 1.29 is 9.59 Å². The third-order valence-corrected chi connectivity index (χ3v) is 4.59. The average molecular weight is 337 g/mol. The van der Waals surface area contributed by atoms with Gasteiger partial charge in [0.15, 0.2) is 0 Å². The molecule has 0 saturated carbocycles. The molecule has 2 aliphatic heterocycles. The lowest BCUT2D eigenvalue weighted by atomic mass is 10.1. The zero-order chi connectivity index (χ0) is 16.2. The van der Waals surface area contributed by atoms with Crippen LogP contribution >= 0.6 is 11.6 Å². The molecule has 124 valence electrons. The van der Waals surface area contributed by atoms with Crippen molar-refractivity contribution in [2.24, 2.45) is 0 Å². The summed E-state index contributed by atoms with van der Waals surface area (Å²) in [5, 5.41) is 6.60. The largest absolute Gasteiger partial charge is 0.368 e. The minimum Gasteiger partial charge on any atom is -0.368 e. The van der Waals surface area contributed by atoms with Crippen LogP contribution in [0, 0.1) is 0 Å². The van der Waals surface area contributed by atoms with Crippen molar-refractivity contribution in [3.63, 3.8) is 0 Å². The maximum Gasteiger partial charge on any atom is 0.237 e. The molecule has 7 heteroatoms. The smallest absolute Gasteiger partial charge is 0.237 e. The minimum absolute atomic E-state index is 0.0373. The van der Waals surface area contributed by atoms with Crippen molar-refractivity contribution >= 4 is 29.1 Å². The lowest BCUT2D eigenvalue weighted by molar-refractivity contribution is -0.135. The first-order valence-corrected chi connectivity index (χ1v) is 8.30. The van der Waals surface area contributed by atoms with Crippen LogP contribution in [0.25, 0.3) is 0 Å². The fraction of sp³-hybridized carbons (Fsp3) is 0.500. The Morgan fingerprint density at radius 2 is 1.83 bits per heavy atom. The van der Waals surface area contributed by atoms with Gasteiger partial charge in [0, 0.05) is 50.0 Å². The molecule has 23 heavy (non-hydrogen) atoms. The second kappa shape index (κ2) is 7.19. The number of nitrogens with zero attached hydrogens (tertiary/aromatic N) is 2. The zero-order valence-electron chi connectivity index (χ0n) is 12.9. The number of rotatable bonds is 3. The van der Waals surface area contributed by atoms with E-state index in [2.05, 4.69) is 15.5 Å². The van der Waals surface area contributed by atoms with E-state index in [1.807, 2.05) is 29.2 Å². The summed E-state index contributed by atoms with van der Waals surface area (Å²) < 4.78 is 0. The molecule has 2 N–H and O–H groups in total. The van der Waals surface area contributed by atoms with E-state index in [9.17, 15) is 9.59 Å². The van der Waals surface area contributed by atoms with Gasteiger partial charge < -0.3 is 20.4 Å². The van der Waals surface area contributed by atoms with Gasteiger partial charge in [-0.15, -0.1) is 0 Å². The van der Waals surface area contributed by atoms with Crippen molar-refractivity contribution in [1.29, 1.82) is 0 Å². The molecule has 6 nitrogen and oxygen atoms in total. The van der Waals surface area contributed by atoms with Crippen molar-refractivity contribution in [2.45, 2.75) is 12.5 Å². The van der Waals surface area contributed by atoms with E-state index in [-0.39, 0.29) is 18.2 Å². The Morgan fingerprint density at radius 1 is 1.13 bits per heavy atom. The molecule has 2 fully saturated rings. The molecule has 0 aromatic heterocycles. The summed E-state index contributed by atoms with van der Waals surface area (Å²) in [6.07, 6.45) is 0.229. The first-order valence-electron chi connectivity index (χ1n) is 7.93. The molecule has 2 amide bonds. The number of halogens is 1. The predicted molar refractivity (Wildman–Crippen MR) is 89.7 cm³/mol. The van der Waals surface area contributed by atoms with Gasteiger partial charge in [-0.1, -0.05) is 11.6 Å². The van der Waals surface area contributed by atoms with Crippen molar-refractivity contribution in [2.75, 3.05) is 44.2 Å². The third kappa shape index (κ3) is 3.95. The highest BCUT2D eigenvalue weighted by molar-refractivity contribution is 6.30. The molecule has 0 unspecified atom stereocenters. The highest BCUT2D eigenvalue weighted by atomic mass is 35.5. The van der Waals surface area contributed by atoms with Gasteiger partial charge in [0.25, 0.3) is 0 Å². The quantitative estimate of drug-likeness (QED) is 0.842. The van der Waals surface area contributed by atoms with Gasteiger partial charge in [-0.05, 0) is 24.3 Å². The van der Waals surface area contributed by atoms with Gasteiger partial charge in [0.2, 0.25) is 11.8 Å². The minimum atomic E-state index is -0.398. The van der Waals surface area contributed by atoms with E-state index in [1.54, 1.807) is 0 Å². The fourth-order valence-electron chi connectivity index (χ4n) is 2.98. The molecule has 0 bridgehead atoms. The summed E-state index contributed by atoms with van der Waals surface area (Å²) in [4.78, 5) is 28.2. The number of amides is 2. The highest BCUT2D eigenvalue weighted by Crippen LogP contribution is 2.19. The van der Waals surface area contributed by atoms with Gasteiger partial charge in [-0.3, -0.25) is 9.59 Å². The number of anilines is 1. The number of carbonyl (C=O) groups is 2. The lowest BCUT2D eigenvalue weighted by Crippen LogP contribution is -2.56. The number of benzene rings is 1. The van der Waals surface area contributed by atoms with Crippen LogP contribution in [0.4, 0.5) is 5.69 Å². The van der Waals surface area contributed by atoms with Crippen LogP contribution in [0.3, 0.4) is 0 Å². The van der Waals surface area contributed by atoms with Gasteiger partial charge >= 0.3 is 0 Å². The third-order valence-electron chi connectivity index (χ3n) is 4.33. The summed E-state index contributed by atoms with van der Waals surface area (Å²) in [7, 11) is 0. The number of nitrogens with one attached hydrogen (secondary N) is 2. The summed E-state index contributed by atoms with van der Waals surface area (Å²) in [6, 6.07) is 7.35. The predicted octanol–water partition coefficient (Wildman–Crippen LogP) is 0.467. The van der Waals surface area contributed by atoms with Crippen molar-refractivity contribution in [1.82, 2.24) is 15.5 Å². The maximum atomic E-state index is 12.4. The van der Waals surface area contributed by atoms with E-state index < -0.39 is 6.04 Å². The molecule has 1 atom stereocenters. The van der Waals surface area contributed by atoms with Crippen LogP contribution in [0.15, 0.2) is 24.3 Å². The molecule has 0 aliphatic carbocycles. The molecule has 0 radical (unpaired) electrons. The molecule has 2 heterocycles. The van der Waals surface area contributed by atoms with E-state index in [0.29, 0.717) is 26.2 Å². The topological polar surface area (TPSA) is 64.7 Å². The molecule has 1 aromatic rings. The molecule has 2 saturated heterocycles. The summed E-state index contributed by atoms with van der Waals surface area (Å²) in [5.74, 6) is -0.0419. The zero-order valence-corrected chi connectivity index (χ0v) is 13.7. The molecular formula is C16H21ClN4O2. The molecular weight excluding hydrogens is 316 g/mol. The van der Waals surface area contributed by atoms with Crippen LogP contribution in [0.1, 0.15) is 6.42 Å². The summed E-state index contributed by atoms with van der Waals surface area (Å²) in [6.45, 7) is 4.28. The summed E-state index contributed by atoms with van der Waals surface area (Å²) >= 11 is 5.91. The molecule has 3 rings (SSSR count). The molecule has 1 aromatic carbocycles. The van der Waals surface area contributed by atoms with E-state index in [0.717, 1.165) is 23.8 Å². The van der Waals surface area contributed by atoms with E-state index >= 15 is 0 Å². The number of carbonyl (C=O) groups excluding carboxylic acids is 2. The number of hydrogen-bond acceptors (Lipinski definition) is 4. The normalized spacial score (nSPS) is 22.0. The average Bonchev–Trinajstić information content (AvgIpc) is 2.58. The van der Waals surface area contributed by atoms with Crippen LogP contribution in [-0.4, -0.2) is 62.0 Å². The maximum absolute atomic E-state index is 12.4.